The average molecular weight is 504 g/mol. The lowest BCUT2D eigenvalue weighted by atomic mass is 10.2. The minimum atomic E-state index is -6.28. The number of hydrogen-bond donors (Lipinski definition) is 1. The summed E-state index contributed by atoms with van der Waals surface area (Å²) in [5.74, 6) is -13.7. The number of esters is 2. The molecule has 1 unspecified atom stereocenters. The van der Waals surface area contributed by atoms with Crippen molar-refractivity contribution in [3.05, 3.63) is 23.5 Å². The van der Waals surface area contributed by atoms with Gasteiger partial charge in [0, 0.05) is 6.07 Å². The van der Waals surface area contributed by atoms with Crippen LogP contribution in [-0.2, 0) is 19.7 Å². The Labute approximate surface area is 150 Å². The van der Waals surface area contributed by atoms with E-state index >= 15 is 0 Å². The number of halogens is 6. The molecule has 0 aromatic heterocycles. The van der Waals surface area contributed by atoms with Crippen molar-refractivity contribution in [1.29, 1.82) is 0 Å². The third-order valence-corrected chi connectivity index (χ3v) is 3.70. The standard InChI is InChI=1S/C11H6F5IO7S/c1-3(17)9(18)24-8-4(12)2-5(6(13)7(8)14)23-10(19)11(15,16)25(20,21)22/h2-3H,1H3,(H,20,21,22). The van der Waals surface area contributed by atoms with Crippen LogP contribution < -0.4 is 9.47 Å². The molecular weight excluding hydrogens is 498 g/mol. The van der Waals surface area contributed by atoms with Crippen molar-refractivity contribution < 1.29 is 54.0 Å². The van der Waals surface area contributed by atoms with Crippen LogP contribution in [0.1, 0.15) is 6.92 Å². The predicted octanol–water partition coefficient (Wildman–Crippen LogP) is 2.22. The van der Waals surface area contributed by atoms with Crippen LogP contribution >= 0.6 is 22.6 Å². The lowest BCUT2D eigenvalue weighted by molar-refractivity contribution is -0.151. The van der Waals surface area contributed by atoms with Gasteiger partial charge in [-0.15, -0.1) is 0 Å². The van der Waals surface area contributed by atoms with Gasteiger partial charge in [-0.05, 0) is 6.92 Å². The van der Waals surface area contributed by atoms with Crippen LogP contribution in [0.25, 0.3) is 0 Å². The Morgan fingerprint density at radius 1 is 1.20 bits per heavy atom. The monoisotopic (exact) mass is 504 g/mol. The highest BCUT2D eigenvalue weighted by Gasteiger charge is 2.54. The highest BCUT2D eigenvalue weighted by atomic mass is 127. The second-order valence-corrected chi connectivity index (χ2v) is 7.56. The van der Waals surface area contributed by atoms with Gasteiger partial charge in [0.05, 0.1) is 0 Å². The molecule has 0 fully saturated rings. The van der Waals surface area contributed by atoms with E-state index in [-0.39, 0.29) is 6.07 Å². The molecule has 0 aliphatic heterocycles. The molecule has 0 aliphatic rings. The van der Waals surface area contributed by atoms with Crippen LogP contribution in [0.4, 0.5) is 22.0 Å². The fraction of sp³-hybridized carbons (Fsp3) is 0.273. The zero-order chi connectivity index (χ0) is 19.7. The summed E-state index contributed by atoms with van der Waals surface area (Å²) in [5.41, 5.74) is 0. The van der Waals surface area contributed by atoms with E-state index in [0.29, 0.717) is 0 Å². The van der Waals surface area contributed by atoms with E-state index in [1.165, 1.54) is 29.5 Å². The fourth-order valence-electron chi connectivity index (χ4n) is 1.17. The van der Waals surface area contributed by atoms with Crippen molar-refractivity contribution in [2.24, 2.45) is 0 Å². The summed E-state index contributed by atoms with van der Waals surface area (Å²) < 4.78 is 103. The van der Waals surface area contributed by atoms with Gasteiger partial charge in [0.2, 0.25) is 17.4 Å². The Kier molecular flexibility index (Phi) is 6.33. The molecule has 7 nitrogen and oxygen atoms in total. The summed E-state index contributed by atoms with van der Waals surface area (Å²) in [5, 5.41) is -5.52. The lowest BCUT2D eigenvalue weighted by Crippen LogP contribution is -2.40. The van der Waals surface area contributed by atoms with Crippen LogP contribution in [0, 0.1) is 17.5 Å². The minimum absolute atomic E-state index is 0.128. The fourth-order valence-corrected chi connectivity index (χ4v) is 1.55. The molecule has 0 amide bonds. The zero-order valence-electron chi connectivity index (χ0n) is 11.7. The van der Waals surface area contributed by atoms with Crippen LogP contribution in [-0.4, -0.2) is 34.1 Å². The largest absolute Gasteiger partial charge is 0.466 e. The SMILES string of the molecule is CC(I)C(=O)Oc1c(F)cc(OC(=O)C(F)(F)S(=O)(=O)O)c(F)c1F. The van der Waals surface area contributed by atoms with Gasteiger partial charge in [0.15, 0.2) is 11.6 Å². The first-order valence-corrected chi connectivity index (χ1v) is 8.49. The molecule has 0 bridgehead atoms. The van der Waals surface area contributed by atoms with E-state index in [4.69, 9.17) is 4.55 Å². The third-order valence-electron chi connectivity index (χ3n) is 2.37. The molecule has 0 spiro atoms. The smallest absolute Gasteiger partial charge is 0.419 e. The number of rotatable bonds is 5. The Morgan fingerprint density at radius 2 is 1.72 bits per heavy atom. The normalized spacial score (nSPS) is 13.3. The molecule has 0 aliphatic carbocycles. The molecule has 0 saturated carbocycles. The summed E-state index contributed by atoms with van der Waals surface area (Å²) in [7, 11) is -6.28. The maximum absolute atomic E-state index is 13.7. The highest BCUT2D eigenvalue weighted by molar-refractivity contribution is 14.1. The number of hydrogen-bond acceptors (Lipinski definition) is 6. The Morgan fingerprint density at radius 3 is 2.16 bits per heavy atom. The molecule has 25 heavy (non-hydrogen) atoms. The van der Waals surface area contributed by atoms with Crippen LogP contribution in [0.15, 0.2) is 6.07 Å². The predicted molar refractivity (Wildman–Crippen MR) is 77.6 cm³/mol. The highest BCUT2D eigenvalue weighted by Crippen LogP contribution is 2.33. The Bertz CT molecular complexity index is 825. The second kappa shape index (κ2) is 7.36. The second-order valence-electron chi connectivity index (χ2n) is 4.23. The van der Waals surface area contributed by atoms with Crippen LogP contribution in [0.5, 0.6) is 11.5 Å². The molecule has 1 N–H and O–H groups in total. The third kappa shape index (κ3) is 4.55. The molecule has 140 valence electrons. The van der Waals surface area contributed by atoms with E-state index in [1.54, 1.807) is 0 Å². The molecule has 0 heterocycles. The van der Waals surface area contributed by atoms with Crippen molar-refractivity contribution in [1.82, 2.24) is 0 Å². The van der Waals surface area contributed by atoms with Gasteiger partial charge in [-0.3, -0.25) is 9.35 Å². The van der Waals surface area contributed by atoms with Gasteiger partial charge in [-0.2, -0.15) is 26.0 Å². The zero-order valence-corrected chi connectivity index (χ0v) is 14.7. The van der Waals surface area contributed by atoms with Gasteiger partial charge in [-0.25, -0.2) is 9.18 Å². The first kappa shape index (κ1) is 21.5. The van der Waals surface area contributed by atoms with Crippen molar-refractivity contribution in [2.75, 3.05) is 0 Å². The van der Waals surface area contributed by atoms with Gasteiger partial charge >= 0.3 is 27.3 Å². The van der Waals surface area contributed by atoms with Gasteiger partial charge in [0.25, 0.3) is 0 Å². The van der Waals surface area contributed by atoms with Gasteiger partial charge in [0.1, 0.15) is 3.92 Å². The average Bonchev–Trinajstić information content (AvgIpc) is 2.47. The molecule has 1 rings (SSSR count). The molecule has 1 aromatic rings. The van der Waals surface area contributed by atoms with E-state index < -0.39 is 60.2 Å². The number of benzene rings is 1. The van der Waals surface area contributed by atoms with E-state index in [1.807, 2.05) is 0 Å². The number of alkyl halides is 3. The van der Waals surface area contributed by atoms with Crippen LogP contribution in [0.2, 0.25) is 0 Å². The number of carbonyl (C=O) groups excluding carboxylic acids is 2. The molecular formula is C11H6F5IO7S. The summed E-state index contributed by atoms with van der Waals surface area (Å²) in [6, 6.07) is -0.128. The topological polar surface area (TPSA) is 107 Å². The number of carbonyl (C=O) groups is 2. The quantitative estimate of drug-likeness (QED) is 0.125. The minimum Gasteiger partial charge on any atom is -0.419 e. The Balaban J connectivity index is 3.25. The first-order valence-electron chi connectivity index (χ1n) is 5.80. The van der Waals surface area contributed by atoms with Crippen molar-refractivity contribution in [3.63, 3.8) is 0 Å². The number of ether oxygens (including phenoxy) is 2. The summed E-state index contributed by atoms with van der Waals surface area (Å²) in [6.45, 7) is 1.28. The molecule has 14 heteroatoms. The lowest BCUT2D eigenvalue weighted by Gasteiger charge is -2.14. The maximum Gasteiger partial charge on any atom is 0.466 e. The maximum atomic E-state index is 13.7. The van der Waals surface area contributed by atoms with Gasteiger partial charge in [-0.1, -0.05) is 22.6 Å². The molecule has 1 aromatic carbocycles. The summed E-state index contributed by atoms with van der Waals surface area (Å²) >= 11 is 1.52. The molecule has 1 atom stereocenters. The van der Waals surface area contributed by atoms with E-state index in [9.17, 15) is 40.0 Å². The van der Waals surface area contributed by atoms with Crippen molar-refractivity contribution in [3.8, 4) is 11.5 Å². The van der Waals surface area contributed by atoms with Crippen LogP contribution in [0.3, 0.4) is 0 Å². The van der Waals surface area contributed by atoms with E-state index in [2.05, 4.69) is 9.47 Å². The van der Waals surface area contributed by atoms with E-state index in [0.717, 1.165) is 0 Å². The molecule has 0 saturated heterocycles. The Hall–Kier alpha value is -1.55. The summed E-state index contributed by atoms with van der Waals surface area (Å²) in [4.78, 5) is 22.3. The van der Waals surface area contributed by atoms with Crippen molar-refractivity contribution in [2.45, 2.75) is 16.1 Å². The first-order chi connectivity index (χ1) is 11.2. The van der Waals surface area contributed by atoms with Gasteiger partial charge < -0.3 is 9.47 Å². The molecule has 0 radical (unpaired) electrons. The summed E-state index contributed by atoms with van der Waals surface area (Å²) in [6.07, 6.45) is 0. The van der Waals surface area contributed by atoms with Crippen molar-refractivity contribution >= 4 is 44.6 Å².